The van der Waals surface area contributed by atoms with Gasteiger partial charge in [0, 0.05) is 12.8 Å². The monoisotopic (exact) mass is 348 g/mol. The van der Waals surface area contributed by atoms with Gasteiger partial charge in [0.25, 0.3) is 0 Å². The smallest absolute Gasteiger partial charge is 0.311 e. The Morgan fingerprint density at radius 1 is 0.680 bits per heavy atom. The van der Waals surface area contributed by atoms with Crippen LogP contribution in [0.3, 0.4) is 0 Å². The van der Waals surface area contributed by atoms with Gasteiger partial charge in [-0.05, 0) is 25.0 Å². The minimum Gasteiger partial charge on any atom is -0.423 e. The predicted molar refractivity (Wildman–Crippen MR) is 99.8 cm³/mol. The van der Waals surface area contributed by atoms with Crippen LogP contribution >= 0.6 is 0 Å². The standard InChI is InChI=1S/C21H32O4/c1-3-5-7-8-9-10-11-17-21(23)25-19-15-13-12-14-18(19)24-20(22)16-6-4-2/h12-15H,3-11,16-17H2,1-2H3. The lowest BCUT2D eigenvalue weighted by atomic mass is 10.1. The Kier molecular flexibility index (Phi) is 11.4. The van der Waals surface area contributed by atoms with Gasteiger partial charge in [0.2, 0.25) is 0 Å². The van der Waals surface area contributed by atoms with Crippen molar-refractivity contribution in [2.45, 2.75) is 84.5 Å². The van der Waals surface area contributed by atoms with Crippen molar-refractivity contribution < 1.29 is 19.1 Å². The fourth-order valence-electron chi connectivity index (χ4n) is 2.51. The Balaban J connectivity index is 2.35. The van der Waals surface area contributed by atoms with E-state index in [0.29, 0.717) is 24.3 Å². The fraction of sp³-hybridized carbons (Fsp3) is 0.619. The first-order valence-electron chi connectivity index (χ1n) is 9.67. The van der Waals surface area contributed by atoms with Gasteiger partial charge in [-0.3, -0.25) is 9.59 Å². The Bertz CT molecular complexity index is 510. The second kappa shape index (κ2) is 13.5. The maximum absolute atomic E-state index is 12.0. The molecule has 140 valence electrons. The summed E-state index contributed by atoms with van der Waals surface area (Å²) in [6.45, 7) is 4.22. The topological polar surface area (TPSA) is 52.6 Å². The fourth-order valence-corrected chi connectivity index (χ4v) is 2.51. The number of esters is 2. The van der Waals surface area contributed by atoms with Gasteiger partial charge >= 0.3 is 11.9 Å². The molecule has 0 aliphatic heterocycles. The summed E-state index contributed by atoms with van der Waals surface area (Å²) in [6.07, 6.45) is 10.6. The van der Waals surface area contributed by atoms with Crippen LogP contribution in [-0.2, 0) is 9.59 Å². The van der Waals surface area contributed by atoms with Gasteiger partial charge in [-0.15, -0.1) is 0 Å². The van der Waals surface area contributed by atoms with Crippen molar-refractivity contribution >= 4 is 11.9 Å². The Morgan fingerprint density at radius 3 is 1.64 bits per heavy atom. The normalized spacial score (nSPS) is 10.5. The first kappa shape index (κ1) is 21.2. The number of ether oxygens (including phenoxy) is 2. The largest absolute Gasteiger partial charge is 0.423 e. The molecule has 0 saturated heterocycles. The molecule has 25 heavy (non-hydrogen) atoms. The van der Waals surface area contributed by atoms with Crippen LogP contribution < -0.4 is 9.47 Å². The number of rotatable bonds is 13. The number of carbonyl (C=O) groups is 2. The molecule has 4 heteroatoms. The molecular weight excluding hydrogens is 316 g/mol. The quantitative estimate of drug-likeness (QED) is 0.256. The van der Waals surface area contributed by atoms with E-state index < -0.39 is 0 Å². The molecule has 0 heterocycles. The minimum atomic E-state index is -0.294. The molecule has 0 unspecified atom stereocenters. The Hall–Kier alpha value is -1.84. The van der Waals surface area contributed by atoms with Gasteiger partial charge in [0.05, 0.1) is 0 Å². The van der Waals surface area contributed by atoms with E-state index in [1.165, 1.54) is 32.1 Å². The van der Waals surface area contributed by atoms with Crippen LogP contribution in [0, 0.1) is 0 Å². The highest BCUT2D eigenvalue weighted by Gasteiger charge is 2.13. The lowest BCUT2D eigenvalue weighted by Crippen LogP contribution is -2.11. The second-order valence-electron chi connectivity index (χ2n) is 6.37. The summed E-state index contributed by atoms with van der Waals surface area (Å²) in [4.78, 5) is 23.8. The summed E-state index contributed by atoms with van der Waals surface area (Å²) < 4.78 is 10.7. The van der Waals surface area contributed by atoms with Crippen molar-refractivity contribution in [1.82, 2.24) is 0 Å². The maximum atomic E-state index is 12.0. The zero-order chi connectivity index (χ0) is 18.3. The van der Waals surface area contributed by atoms with Crippen molar-refractivity contribution in [3.63, 3.8) is 0 Å². The summed E-state index contributed by atoms with van der Waals surface area (Å²) >= 11 is 0. The summed E-state index contributed by atoms with van der Waals surface area (Å²) in [6, 6.07) is 6.83. The summed E-state index contributed by atoms with van der Waals surface area (Å²) in [5.41, 5.74) is 0. The molecule has 1 aromatic carbocycles. The van der Waals surface area contributed by atoms with E-state index in [0.717, 1.165) is 25.7 Å². The third-order valence-electron chi connectivity index (χ3n) is 4.02. The molecule has 0 amide bonds. The Labute approximate surface area is 151 Å². The van der Waals surface area contributed by atoms with Gasteiger partial charge in [-0.25, -0.2) is 0 Å². The maximum Gasteiger partial charge on any atom is 0.311 e. The number of carbonyl (C=O) groups excluding carboxylic acids is 2. The van der Waals surface area contributed by atoms with Gasteiger partial charge in [-0.2, -0.15) is 0 Å². The summed E-state index contributed by atoms with van der Waals surface area (Å²) in [7, 11) is 0. The third-order valence-corrected chi connectivity index (χ3v) is 4.02. The van der Waals surface area contributed by atoms with E-state index in [1.54, 1.807) is 24.3 Å². The van der Waals surface area contributed by atoms with Crippen LogP contribution in [0.5, 0.6) is 11.5 Å². The van der Waals surface area contributed by atoms with Gasteiger partial charge in [0.15, 0.2) is 11.5 Å². The number of para-hydroxylation sites is 2. The molecule has 0 aliphatic carbocycles. The number of hydrogen-bond acceptors (Lipinski definition) is 4. The SMILES string of the molecule is CCCCCCCCCC(=O)Oc1ccccc1OC(=O)CCCC. The first-order chi connectivity index (χ1) is 12.2. The molecule has 0 aromatic heterocycles. The number of benzene rings is 1. The molecule has 0 bridgehead atoms. The highest BCUT2D eigenvalue weighted by atomic mass is 16.6. The van der Waals surface area contributed by atoms with E-state index in [2.05, 4.69) is 6.92 Å². The predicted octanol–water partition coefficient (Wildman–Crippen LogP) is 5.83. The minimum absolute atomic E-state index is 0.273. The molecule has 0 N–H and O–H groups in total. The average molecular weight is 348 g/mol. The summed E-state index contributed by atoms with van der Waals surface area (Å²) in [5.74, 6) is 0.0693. The van der Waals surface area contributed by atoms with E-state index >= 15 is 0 Å². The Morgan fingerprint density at radius 2 is 1.12 bits per heavy atom. The molecule has 0 spiro atoms. The van der Waals surface area contributed by atoms with Crippen LogP contribution in [0.1, 0.15) is 84.5 Å². The van der Waals surface area contributed by atoms with E-state index in [-0.39, 0.29) is 11.9 Å². The van der Waals surface area contributed by atoms with Gasteiger partial charge in [0.1, 0.15) is 0 Å². The van der Waals surface area contributed by atoms with Gasteiger partial charge < -0.3 is 9.47 Å². The molecule has 0 radical (unpaired) electrons. The molecule has 0 atom stereocenters. The highest BCUT2D eigenvalue weighted by molar-refractivity contribution is 5.76. The molecule has 0 saturated carbocycles. The molecule has 0 aliphatic rings. The van der Waals surface area contributed by atoms with E-state index in [9.17, 15) is 9.59 Å². The molecule has 1 aromatic rings. The van der Waals surface area contributed by atoms with Crippen molar-refractivity contribution in [2.75, 3.05) is 0 Å². The van der Waals surface area contributed by atoms with E-state index in [4.69, 9.17) is 9.47 Å². The first-order valence-corrected chi connectivity index (χ1v) is 9.67. The third kappa shape index (κ3) is 9.90. The van der Waals surface area contributed by atoms with Crippen LogP contribution in [0.25, 0.3) is 0 Å². The molecule has 1 rings (SSSR count). The molecular formula is C21H32O4. The van der Waals surface area contributed by atoms with Crippen LogP contribution in [0.2, 0.25) is 0 Å². The van der Waals surface area contributed by atoms with Crippen molar-refractivity contribution in [2.24, 2.45) is 0 Å². The molecule has 4 nitrogen and oxygen atoms in total. The van der Waals surface area contributed by atoms with E-state index in [1.807, 2.05) is 6.92 Å². The van der Waals surface area contributed by atoms with Crippen LogP contribution in [0.4, 0.5) is 0 Å². The highest BCUT2D eigenvalue weighted by Crippen LogP contribution is 2.27. The van der Waals surface area contributed by atoms with Crippen LogP contribution in [0.15, 0.2) is 24.3 Å². The summed E-state index contributed by atoms with van der Waals surface area (Å²) in [5, 5.41) is 0. The van der Waals surface area contributed by atoms with Crippen LogP contribution in [-0.4, -0.2) is 11.9 Å². The number of unbranched alkanes of at least 4 members (excludes halogenated alkanes) is 7. The number of hydrogen-bond donors (Lipinski definition) is 0. The van der Waals surface area contributed by atoms with Crippen molar-refractivity contribution in [1.29, 1.82) is 0 Å². The lowest BCUT2D eigenvalue weighted by molar-refractivity contribution is -0.137. The molecule has 0 fully saturated rings. The van der Waals surface area contributed by atoms with Crippen molar-refractivity contribution in [3.8, 4) is 11.5 Å². The zero-order valence-electron chi connectivity index (χ0n) is 15.7. The van der Waals surface area contributed by atoms with Gasteiger partial charge in [-0.1, -0.05) is 70.9 Å². The zero-order valence-corrected chi connectivity index (χ0v) is 15.7. The lowest BCUT2D eigenvalue weighted by Gasteiger charge is -2.10. The second-order valence-corrected chi connectivity index (χ2v) is 6.37. The van der Waals surface area contributed by atoms with Crippen molar-refractivity contribution in [3.05, 3.63) is 24.3 Å². The average Bonchev–Trinajstić information content (AvgIpc) is 2.61.